The van der Waals surface area contributed by atoms with Crippen molar-refractivity contribution in [1.29, 1.82) is 0 Å². The third-order valence-electron chi connectivity index (χ3n) is 2.27. The average molecular weight is 206 g/mol. The van der Waals surface area contributed by atoms with Crippen LogP contribution in [0, 0.1) is 0 Å². The van der Waals surface area contributed by atoms with Gasteiger partial charge in [0.1, 0.15) is 0 Å². The summed E-state index contributed by atoms with van der Waals surface area (Å²) >= 11 is 0. The summed E-state index contributed by atoms with van der Waals surface area (Å²) in [5.74, 6) is 0. The number of urea groups is 1. The van der Waals surface area contributed by atoms with Gasteiger partial charge in [0.05, 0.1) is 19.3 Å². The molecule has 1 saturated heterocycles. The molecule has 0 aliphatic carbocycles. The van der Waals surface area contributed by atoms with Crippen molar-refractivity contribution in [2.24, 2.45) is 0 Å². The van der Waals surface area contributed by atoms with E-state index >= 15 is 0 Å². The fraction of sp³-hybridized carbons (Fsp3) is 0.364. The Morgan fingerprint density at radius 1 is 1.33 bits per heavy atom. The first-order valence-corrected chi connectivity index (χ1v) is 5.00. The zero-order valence-electron chi connectivity index (χ0n) is 8.40. The van der Waals surface area contributed by atoms with Crippen molar-refractivity contribution in [2.45, 2.75) is 12.6 Å². The minimum Gasteiger partial charge on any atom is -0.375 e. The second-order valence-electron chi connectivity index (χ2n) is 3.55. The molecule has 0 bridgehead atoms. The predicted octanol–water partition coefficient (Wildman–Crippen LogP) is 0.885. The summed E-state index contributed by atoms with van der Waals surface area (Å²) in [7, 11) is 0. The molecule has 15 heavy (non-hydrogen) atoms. The number of carbonyl (C=O) groups excluding carboxylic acids is 1. The normalized spacial score (nSPS) is 19.7. The number of hydrogen-bond donors (Lipinski definition) is 2. The number of rotatable bonds is 4. The molecule has 4 nitrogen and oxygen atoms in total. The van der Waals surface area contributed by atoms with Gasteiger partial charge >= 0.3 is 6.03 Å². The summed E-state index contributed by atoms with van der Waals surface area (Å²) in [5.41, 5.74) is 1.15. The zero-order valence-corrected chi connectivity index (χ0v) is 8.40. The van der Waals surface area contributed by atoms with Gasteiger partial charge in [-0.3, -0.25) is 0 Å². The van der Waals surface area contributed by atoms with Crippen LogP contribution in [0.2, 0.25) is 0 Å². The lowest BCUT2D eigenvalue weighted by Gasteiger charge is -2.09. The molecule has 1 aliphatic heterocycles. The van der Waals surface area contributed by atoms with Crippen molar-refractivity contribution < 1.29 is 9.53 Å². The average Bonchev–Trinajstić information content (AvgIpc) is 2.66. The second-order valence-corrected chi connectivity index (χ2v) is 3.55. The molecule has 1 aromatic carbocycles. The fourth-order valence-electron chi connectivity index (χ4n) is 1.50. The van der Waals surface area contributed by atoms with Crippen LogP contribution in [0.4, 0.5) is 4.79 Å². The van der Waals surface area contributed by atoms with Gasteiger partial charge in [0.25, 0.3) is 0 Å². The summed E-state index contributed by atoms with van der Waals surface area (Å²) in [4.78, 5) is 10.8. The summed E-state index contributed by atoms with van der Waals surface area (Å²) < 4.78 is 5.50. The highest BCUT2D eigenvalue weighted by molar-refractivity contribution is 5.76. The first-order valence-electron chi connectivity index (χ1n) is 5.00. The van der Waals surface area contributed by atoms with Gasteiger partial charge in [-0.25, -0.2) is 4.79 Å². The van der Waals surface area contributed by atoms with E-state index in [4.69, 9.17) is 4.74 Å². The molecule has 1 aromatic rings. The Morgan fingerprint density at radius 2 is 2.13 bits per heavy atom. The molecule has 1 atom stereocenters. The Balaban J connectivity index is 1.69. The molecule has 2 rings (SSSR count). The molecular formula is C11H14N2O2. The Morgan fingerprint density at radius 3 is 2.80 bits per heavy atom. The van der Waals surface area contributed by atoms with Gasteiger partial charge in [-0.05, 0) is 5.56 Å². The Hall–Kier alpha value is -1.55. The van der Waals surface area contributed by atoms with Gasteiger partial charge in [-0.15, -0.1) is 0 Å². The lowest BCUT2D eigenvalue weighted by Crippen LogP contribution is -2.30. The smallest absolute Gasteiger partial charge is 0.315 e. The number of carbonyl (C=O) groups is 1. The van der Waals surface area contributed by atoms with Crippen LogP contribution in [0.5, 0.6) is 0 Å². The van der Waals surface area contributed by atoms with Crippen LogP contribution in [0.25, 0.3) is 0 Å². The molecule has 0 aromatic heterocycles. The molecule has 0 radical (unpaired) electrons. The van der Waals surface area contributed by atoms with E-state index < -0.39 is 0 Å². The van der Waals surface area contributed by atoms with E-state index in [1.54, 1.807) is 0 Å². The Labute approximate surface area is 88.6 Å². The lowest BCUT2D eigenvalue weighted by atomic mass is 10.2. The highest BCUT2D eigenvalue weighted by Gasteiger charge is 2.19. The Bertz CT molecular complexity index is 327. The van der Waals surface area contributed by atoms with Gasteiger partial charge in [-0.1, -0.05) is 30.3 Å². The predicted molar refractivity (Wildman–Crippen MR) is 56.4 cm³/mol. The van der Waals surface area contributed by atoms with E-state index in [-0.39, 0.29) is 12.1 Å². The highest BCUT2D eigenvalue weighted by Crippen LogP contribution is 2.01. The van der Waals surface area contributed by atoms with Crippen LogP contribution in [0.1, 0.15) is 5.56 Å². The molecule has 4 heteroatoms. The molecular weight excluding hydrogens is 192 g/mol. The third-order valence-corrected chi connectivity index (χ3v) is 2.27. The summed E-state index contributed by atoms with van der Waals surface area (Å²) in [6.45, 7) is 1.79. The quantitative estimate of drug-likeness (QED) is 0.768. The van der Waals surface area contributed by atoms with E-state index in [2.05, 4.69) is 10.6 Å². The van der Waals surface area contributed by atoms with Gasteiger partial charge in [0.2, 0.25) is 0 Å². The minimum absolute atomic E-state index is 0.0983. The van der Waals surface area contributed by atoms with Crippen LogP contribution < -0.4 is 10.6 Å². The number of benzene rings is 1. The van der Waals surface area contributed by atoms with E-state index in [9.17, 15) is 4.79 Å². The number of amides is 2. The van der Waals surface area contributed by atoms with Crippen molar-refractivity contribution in [2.75, 3.05) is 13.2 Å². The Kier molecular flexibility index (Phi) is 3.19. The molecule has 0 unspecified atom stereocenters. The first-order chi connectivity index (χ1) is 7.34. The molecule has 80 valence electrons. The molecule has 1 fully saturated rings. The summed E-state index contributed by atoms with van der Waals surface area (Å²) in [5, 5.41) is 5.45. The third kappa shape index (κ3) is 2.95. The van der Waals surface area contributed by atoms with Crippen LogP contribution in [-0.2, 0) is 11.3 Å². The number of hydrogen-bond acceptors (Lipinski definition) is 2. The molecule has 2 N–H and O–H groups in total. The monoisotopic (exact) mass is 206 g/mol. The molecule has 0 saturated carbocycles. The molecule has 1 heterocycles. The second kappa shape index (κ2) is 4.79. The summed E-state index contributed by atoms with van der Waals surface area (Å²) in [6.07, 6.45) is 0. The fourth-order valence-corrected chi connectivity index (χ4v) is 1.50. The van der Waals surface area contributed by atoms with Crippen LogP contribution in [0.3, 0.4) is 0 Å². The van der Waals surface area contributed by atoms with Crippen LogP contribution in [-0.4, -0.2) is 25.2 Å². The van der Waals surface area contributed by atoms with Crippen molar-refractivity contribution in [1.82, 2.24) is 10.6 Å². The highest BCUT2D eigenvalue weighted by atomic mass is 16.5. The van der Waals surface area contributed by atoms with Crippen molar-refractivity contribution >= 4 is 6.03 Å². The topological polar surface area (TPSA) is 50.4 Å². The SMILES string of the molecule is O=C1NC[C@H](COCc2ccccc2)N1. The molecule has 1 aliphatic rings. The van der Waals surface area contributed by atoms with E-state index in [1.807, 2.05) is 30.3 Å². The number of ether oxygens (including phenoxy) is 1. The first kappa shape index (κ1) is 9.98. The van der Waals surface area contributed by atoms with Gasteiger partial charge in [-0.2, -0.15) is 0 Å². The minimum atomic E-state index is -0.108. The number of nitrogens with one attached hydrogen (secondary N) is 2. The van der Waals surface area contributed by atoms with E-state index in [0.29, 0.717) is 19.8 Å². The largest absolute Gasteiger partial charge is 0.375 e. The van der Waals surface area contributed by atoms with Crippen LogP contribution in [0.15, 0.2) is 30.3 Å². The maximum absolute atomic E-state index is 10.8. The van der Waals surface area contributed by atoms with Gasteiger partial charge in [0, 0.05) is 6.54 Å². The summed E-state index contributed by atoms with van der Waals surface area (Å²) in [6, 6.07) is 9.97. The van der Waals surface area contributed by atoms with E-state index in [1.165, 1.54) is 0 Å². The van der Waals surface area contributed by atoms with Gasteiger partial charge in [0.15, 0.2) is 0 Å². The maximum Gasteiger partial charge on any atom is 0.315 e. The van der Waals surface area contributed by atoms with E-state index in [0.717, 1.165) is 5.56 Å². The zero-order chi connectivity index (χ0) is 10.5. The molecule has 2 amide bonds. The standard InChI is InChI=1S/C11H14N2O2/c14-11-12-6-10(13-11)8-15-7-9-4-2-1-3-5-9/h1-5,10H,6-8H2,(H2,12,13,14)/t10-/m1/s1. The van der Waals surface area contributed by atoms with Crippen molar-refractivity contribution in [3.8, 4) is 0 Å². The molecule has 0 spiro atoms. The maximum atomic E-state index is 10.8. The lowest BCUT2D eigenvalue weighted by molar-refractivity contribution is 0.106. The van der Waals surface area contributed by atoms with Crippen molar-refractivity contribution in [3.63, 3.8) is 0 Å². The van der Waals surface area contributed by atoms with Crippen LogP contribution >= 0.6 is 0 Å². The van der Waals surface area contributed by atoms with Gasteiger partial charge < -0.3 is 15.4 Å². The van der Waals surface area contributed by atoms with Crippen molar-refractivity contribution in [3.05, 3.63) is 35.9 Å².